The van der Waals surface area contributed by atoms with E-state index in [1.54, 1.807) is 14.0 Å². The highest BCUT2D eigenvalue weighted by molar-refractivity contribution is 7.00. The standard InChI is InChI=1S/C23H26N8O2S/c1-4-5-9-30-19-20(25-22(30)29-8-6-7-16(24)13-29)28(3)23(33)31(21(19)32)12-15-10-14(2)18-17(11-15)26-34-27-18/h10-11,16H,6-9,12-13,24H2,1-3H3/t16-/m1/s1. The maximum absolute atomic E-state index is 13.7. The van der Waals surface area contributed by atoms with Crippen LogP contribution >= 0.6 is 11.7 Å². The summed E-state index contributed by atoms with van der Waals surface area (Å²) in [6.45, 7) is 5.58. The lowest BCUT2D eigenvalue weighted by Crippen LogP contribution is -2.44. The minimum atomic E-state index is -0.417. The molecule has 10 nitrogen and oxygen atoms in total. The first-order chi connectivity index (χ1) is 16.4. The van der Waals surface area contributed by atoms with Crippen molar-refractivity contribution in [3.8, 4) is 11.8 Å². The maximum Gasteiger partial charge on any atom is 0.332 e. The number of benzene rings is 1. The van der Waals surface area contributed by atoms with Gasteiger partial charge in [0.15, 0.2) is 11.2 Å². The van der Waals surface area contributed by atoms with E-state index in [-0.39, 0.29) is 18.1 Å². The molecule has 4 heterocycles. The van der Waals surface area contributed by atoms with E-state index in [1.165, 1.54) is 9.13 Å². The quantitative estimate of drug-likeness (QED) is 0.438. The molecule has 0 radical (unpaired) electrons. The molecular weight excluding hydrogens is 452 g/mol. The number of aryl methyl sites for hydroxylation is 2. The summed E-state index contributed by atoms with van der Waals surface area (Å²) < 4.78 is 13.1. The fraction of sp³-hybridized carbons (Fsp3) is 0.435. The van der Waals surface area contributed by atoms with Gasteiger partial charge in [0, 0.05) is 26.2 Å². The Morgan fingerprint density at radius 1 is 1.24 bits per heavy atom. The molecule has 4 aromatic rings. The first-order valence-electron chi connectivity index (χ1n) is 11.2. The van der Waals surface area contributed by atoms with E-state index >= 15 is 0 Å². The van der Waals surface area contributed by atoms with Crippen molar-refractivity contribution in [1.82, 2.24) is 27.4 Å². The summed E-state index contributed by atoms with van der Waals surface area (Å²) in [5.74, 6) is 6.58. The number of piperidine rings is 1. The van der Waals surface area contributed by atoms with Gasteiger partial charge in [-0.2, -0.15) is 13.7 Å². The van der Waals surface area contributed by atoms with E-state index in [9.17, 15) is 9.59 Å². The molecule has 176 valence electrons. The van der Waals surface area contributed by atoms with Crippen LogP contribution in [0.1, 0.15) is 30.9 Å². The third-order valence-electron chi connectivity index (χ3n) is 6.32. The summed E-state index contributed by atoms with van der Waals surface area (Å²) in [5, 5.41) is 0. The van der Waals surface area contributed by atoms with Crippen molar-refractivity contribution < 1.29 is 0 Å². The monoisotopic (exact) mass is 478 g/mol. The predicted molar refractivity (Wildman–Crippen MR) is 133 cm³/mol. The van der Waals surface area contributed by atoms with Gasteiger partial charge in [0.2, 0.25) is 5.95 Å². The number of aromatic nitrogens is 6. The Kier molecular flexibility index (Phi) is 5.71. The molecule has 1 fully saturated rings. The Labute approximate surface area is 200 Å². The SMILES string of the molecule is CC#CCn1c(N2CCC[C@@H](N)C2)nc2c1c(=O)n(Cc1cc(C)c3nsnc3c1)c(=O)n2C. The summed E-state index contributed by atoms with van der Waals surface area (Å²) in [6.07, 6.45) is 1.90. The van der Waals surface area contributed by atoms with E-state index in [2.05, 4.69) is 25.5 Å². The van der Waals surface area contributed by atoms with Gasteiger partial charge in [0.25, 0.3) is 5.56 Å². The number of nitrogens with zero attached hydrogens (tertiary/aromatic N) is 7. The molecule has 2 N–H and O–H groups in total. The molecule has 0 spiro atoms. The smallest absolute Gasteiger partial charge is 0.332 e. The summed E-state index contributed by atoms with van der Waals surface area (Å²) in [5.41, 5.74) is 9.51. The van der Waals surface area contributed by atoms with Crippen molar-refractivity contribution in [3.05, 3.63) is 44.1 Å². The molecule has 1 atom stereocenters. The lowest BCUT2D eigenvalue weighted by Gasteiger charge is -2.31. The molecule has 1 aliphatic heterocycles. The Balaban J connectivity index is 1.69. The zero-order valence-electron chi connectivity index (χ0n) is 19.4. The van der Waals surface area contributed by atoms with Crippen LogP contribution < -0.4 is 21.9 Å². The minimum Gasteiger partial charge on any atom is -0.341 e. The van der Waals surface area contributed by atoms with E-state index in [0.717, 1.165) is 53.3 Å². The van der Waals surface area contributed by atoms with Crippen molar-refractivity contribution in [2.45, 2.75) is 45.8 Å². The molecule has 3 aromatic heterocycles. The summed E-state index contributed by atoms with van der Waals surface area (Å²) in [6, 6.07) is 3.86. The number of anilines is 1. The van der Waals surface area contributed by atoms with Gasteiger partial charge >= 0.3 is 5.69 Å². The average Bonchev–Trinajstić information content (AvgIpc) is 3.44. The highest BCUT2D eigenvalue weighted by Crippen LogP contribution is 2.23. The Bertz CT molecular complexity index is 1580. The van der Waals surface area contributed by atoms with E-state index < -0.39 is 5.69 Å². The molecule has 0 bridgehead atoms. The van der Waals surface area contributed by atoms with E-state index in [0.29, 0.717) is 30.2 Å². The second-order valence-electron chi connectivity index (χ2n) is 8.72. The Morgan fingerprint density at radius 2 is 2.06 bits per heavy atom. The Morgan fingerprint density at radius 3 is 2.82 bits per heavy atom. The fourth-order valence-corrected chi connectivity index (χ4v) is 5.23. The van der Waals surface area contributed by atoms with Crippen LogP contribution in [-0.4, -0.2) is 46.6 Å². The van der Waals surface area contributed by atoms with Crippen molar-refractivity contribution in [3.63, 3.8) is 0 Å². The Hall–Kier alpha value is -3.49. The first kappa shape index (κ1) is 22.3. The molecule has 0 saturated carbocycles. The number of rotatable bonds is 4. The largest absolute Gasteiger partial charge is 0.341 e. The van der Waals surface area contributed by atoms with Crippen molar-refractivity contribution in [2.24, 2.45) is 12.8 Å². The van der Waals surface area contributed by atoms with Crippen LogP contribution in [0.2, 0.25) is 0 Å². The van der Waals surface area contributed by atoms with Gasteiger partial charge in [0.1, 0.15) is 11.0 Å². The molecule has 1 saturated heterocycles. The summed E-state index contributed by atoms with van der Waals surface area (Å²) in [4.78, 5) is 33.8. The van der Waals surface area contributed by atoms with Crippen LogP contribution in [0.5, 0.6) is 0 Å². The van der Waals surface area contributed by atoms with Gasteiger partial charge in [-0.25, -0.2) is 4.79 Å². The van der Waals surface area contributed by atoms with Gasteiger partial charge in [-0.15, -0.1) is 5.92 Å². The second kappa shape index (κ2) is 8.70. The van der Waals surface area contributed by atoms with Crippen LogP contribution in [0.3, 0.4) is 0 Å². The predicted octanol–water partition coefficient (Wildman–Crippen LogP) is 1.21. The summed E-state index contributed by atoms with van der Waals surface area (Å²) >= 11 is 1.15. The van der Waals surface area contributed by atoms with Crippen LogP contribution in [0.4, 0.5) is 5.95 Å². The zero-order valence-corrected chi connectivity index (χ0v) is 20.2. The molecular formula is C23H26N8O2S. The molecule has 11 heteroatoms. The molecule has 0 unspecified atom stereocenters. The maximum atomic E-state index is 13.7. The number of hydrogen-bond acceptors (Lipinski definition) is 8. The van der Waals surface area contributed by atoms with Crippen LogP contribution in [0.25, 0.3) is 22.2 Å². The molecule has 0 amide bonds. The number of nitrogens with two attached hydrogens (primary N) is 1. The molecule has 1 aliphatic rings. The first-order valence-corrected chi connectivity index (χ1v) is 11.9. The average molecular weight is 479 g/mol. The van der Waals surface area contributed by atoms with Crippen LogP contribution in [0.15, 0.2) is 21.7 Å². The molecule has 34 heavy (non-hydrogen) atoms. The van der Waals surface area contributed by atoms with Crippen LogP contribution in [-0.2, 0) is 20.1 Å². The fourth-order valence-electron chi connectivity index (χ4n) is 4.64. The number of imidazole rings is 1. The lowest BCUT2D eigenvalue weighted by molar-refractivity contribution is 0.496. The van der Waals surface area contributed by atoms with Gasteiger partial charge in [-0.1, -0.05) is 12.0 Å². The van der Waals surface area contributed by atoms with Crippen LogP contribution in [0, 0.1) is 18.8 Å². The third kappa shape index (κ3) is 3.69. The van der Waals surface area contributed by atoms with E-state index in [1.807, 2.05) is 23.6 Å². The van der Waals surface area contributed by atoms with Crippen molar-refractivity contribution >= 4 is 39.9 Å². The molecule has 5 rings (SSSR count). The van der Waals surface area contributed by atoms with E-state index in [4.69, 9.17) is 10.7 Å². The minimum absolute atomic E-state index is 0.0399. The zero-order chi connectivity index (χ0) is 24.0. The second-order valence-corrected chi connectivity index (χ2v) is 9.25. The third-order valence-corrected chi connectivity index (χ3v) is 6.86. The normalized spacial score (nSPS) is 16.2. The molecule has 1 aromatic carbocycles. The number of fused-ring (bicyclic) bond motifs is 2. The highest BCUT2D eigenvalue weighted by atomic mass is 32.1. The van der Waals surface area contributed by atoms with Gasteiger partial charge in [0.05, 0.1) is 24.8 Å². The van der Waals surface area contributed by atoms with Crippen molar-refractivity contribution in [2.75, 3.05) is 18.0 Å². The van der Waals surface area contributed by atoms with Gasteiger partial charge < -0.3 is 10.6 Å². The van der Waals surface area contributed by atoms with Gasteiger partial charge in [-0.3, -0.25) is 18.5 Å². The topological polar surface area (TPSA) is 117 Å². The highest BCUT2D eigenvalue weighted by Gasteiger charge is 2.26. The van der Waals surface area contributed by atoms with Crippen molar-refractivity contribution in [1.29, 1.82) is 0 Å². The lowest BCUT2D eigenvalue weighted by atomic mass is 10.1. The molecule has 0 aliphatic carbocycles. The number of hydrogen-bond donors (Lipinski definition) is 1. The van der Waals surface area contributed by atoms with Gasteiger partial charge in [-0.05, 0) is 43.9 Å². The summed E-state index contributed by atoms with van der Waals surface area (Å²) in [7, 11) is 1.65.